The molecule has 0 saturated carbocycles. The van der Waals surface area contributed by atoms with Crippen LogP contribution in [0, 0.1) is 0 Å². The van der Waals surface area contributed by atoms with Crippen molar-refractivity contribution >= 4 is 16.5 Å². The molecule has 3 N–H and O–H groups in total. The first-order chi connectivity index (χ1) is 5.58. The minimum Gasteiger partial charge on any atom is -0.379 e. The molecule has 1 heterocycles. The molecule has 12 heavy (non-hydrogen) atoms. The molecule has 0 aromatic carbocycles. The quantitative estimate of drug-likeness (QED) is 0.505. The molecule has 0 aromatic rings. The van der Waals surface area contributed by atoms with Gasteiger partial charge in [-0.25, -0.2) is 0 Å². The highest BCUT2D eigenvalue weighted by molar-refractivity contribution is 7.48. The number of hydrogen-bond acceptors (Lipinski definition) is 7. The van der Waals surface area contributed by atoms with Gasteiger partial charge in [0.05, 0.1) is 0 Å². The van der Waals surface area contributed by atoms with Gasteiger partial charge in [0, 0.05) is 15.6 Å². The Hall–Kier alpha value is -0.0000000000000000486. The summed E-state index contributed by atoms with van der Waals surface area (Å²) in [6.07, 6.45) is -2.31. The Balaban J connectivity index is 2.44. The Bertz CT molecular complexity index is 191. The molecule has 9 heteroatoms. The van der Waals surface area contributed by atoms with Crippen LogP contribution in [0.25, 0.3) is 0 Å². The van der Waals surface area contributed by atoms with Crippen molar-refractivity contribution in [3.63, 3.8) is 0 Å². The fourth-order valence-electron chi connectivity index (χ4n) is 0.587. The average Bonchev–Trinajstić information content (AvgIpc) is 1.81. The first kappa shape index (κ1) is 10.1. The highest BCUT2D eigenvalue weighted by Gasteiger charge is 2.52. The van der Waals surface area contributed by atoms with E-state index < -0.39 is 29.0 Å². The molecule has 0 radical (unpaired) electrons. The van der Waals surface area contributed by atoms with Crippen molar-refractivity contribution in [3.8, 4) is 0 Å². The topological polar surface area (TPSA) is 108 Å². The molecule has 7 nitrogen and oxygen atoms in total. The molecule has 1 fully saturated rings. The summed E-state index contributed by atoms with van der Waals surface area (Å²) in [6, 6.07) is 0. The second-order valence-electron chi connectivity index (χ2n) is 1.97. The van der Waals surface area contributed by atoms with Crippen LogP contribution in [0.4, 0.5) is 0 Å². The number of nitrogens with two attached hydrogens (primary N) is 1. The standard InChI is InChI=1S/C3H7NO6P2/c4-2(5)1-3-8-11(6)10-12(7)9-3/h2-3,5H,1,4H2/q+2. The molecule has 68 valence electrons. The van der Waals surface area contributed by atoms with Crippen LogP contribution in [0.5, 0.6) is 0 Å². The Morgan fingerprint density at radius 2 is 1.92 bits per heavy atom. The average molecular weight is 215 g/mol. The molecule has 1 saturated heterocycles. The lowest BCUT2D eigenvalue weighted by molar-refractivity contribution is -0.0452. The Kier molecular flexibility index (Phi) is 3.61. The summed E-state index contributed by atoms with van der Waals surface area (Å²) in [6.45, 7) is 0. The molecular weight excluding hydrogens is 208 g/mol. The highest BCUT2D eigenvalue weighted by Crippen LogP contribution is 2.47. The van der Waals surface area contributed by atoms with E-state index in [4.69, 9.17) is 10.8 Å². The van der Waals surface area contributed by atoms with E-state index in [0.717, 1.165) is 0 Å². The van der Waals surface area contributed by atoms with Gasteiger partial charge < -0.3 is 10.8 Å². The van der Waals surface area contributed by atoms with Gasteiger partial charge in [-0.1, -0.05) is 9.05 Å². The third kappa shape index (κ3) is 3.16. The van der Waals surface area contributed by atoms with Crippen LogP contribution in [0.15, 0.2) is 0 Å². The molecule has 0 bridgehead atoms. The van der Waals surface area contributed by atoms with Gasteiger partial charge in [-0.05, 0) is 0 Å². The van der Waals surface area contributed by atoms with E-state index in [1.54, 1.807) is 0 Å². The predicted molar refractivity (Wildman–Crippen MR) is 37.1 cm³/mol. The van der Waals surface area contributed by atoms with E-state index in [-0.39, 0.29) is 6.42 Å². The lowest BCUT2D eigenvalue weighted by Crippen LogP contribution is -2.27. The van der Waals surface area contributed by atoms with Gasteiger partial charge in [-0.3, -0.25) is 0 Å². The molecule has 1 rings (SSSR count). The highest BCUT2D eigenvalue weighted by atomic mass is 31.2. The van der Waals surface area contributed by atoms with E-state index in [2.05, 4.69) is 13.4 Å². The monoisotopic (exact) mass is 215 g/mol. The summed E-state index contributed by atoms with van der Waals surface area (Å²) in [7, 11) is -4.85. The van der Waals surface area contributed by atoms with Crippen LogP contribution in [0.3, 0.4) is 0 Å². The molecule has 3 atom stereocenters. The van der Waals surface area contributed by atoms with Crippen molar-refractivity contribution in [1.29, 1.82) is 0 Å². The predicted octanol–water partition coefficient (Wildman–Crippen LogP) is 0.358. The van der Waals surface area contributed by atoms with Crippen molar-refractivity contribution in [2.45, 2.75) is 18.9 Å². The number of aliphatic hydroxyl groups is 1. The first-order valence-electron chi connectivity index (χ1n) is 2.97. The van der Waals surface area contributed by atoms with E-state index in [1.165, 1.54) is 0 Å². The summed E-state index contributed by atoms with van der Waals surface area (Å²) in [5.74, 6) is 0. The fourth-order valence-corrected chi connectivity index (χ4v) is 2.04. The minimum atomic E-state index is -2.43. The summed E-state index contributed by atoms with van der Waals surface area (Å²) >= 11 is 0. The lowest BCUT2D eigenvalue weighted by atomic mass is 10.4. The number of rotatable bonds is 2. The fraction of sp³-hybridized carbons (Fsp3) is 1.00. The summed E-state index contributed by atoms with van der Waals surface area (Å²) in [5.41, 5.74) is 4.98. The second kappa shape index (κ2) is 4.30. The zero-order valence-electron chi connectivity index (χ0n) is 5.82. The van der Waals surface area contributed by atoms with E-state index >= 15 is 0 Å². The van der Waals surface area contributed by atoms with Gasteiger partial charge in [-0.15, -0.1) is 0 Å². The van der Waals surface area contributed by atoms with Crippen LogP contribution < -0.4 is 5.73 Å². The van der Waals surface area contributed by atoms with Crippen LogP contribution in [0.1, 0.15) is 6.42 Å². The molecule has 0 amide bonds. The Morgan fingerprint density at radius 3 is 2.33 bits per heavy atom. The number of hydrogen-bond donors (Lipinski definition) is 2. The summed E-state index contributed by atoms with van der Waals surface area (Å²) in [4.78, 5) is 0. The van der Waals surface area contributed by atoms with Crippen molar-refractivity contribution in [2.24, 2.45) is 5.73 Å². The SMILES string of the molecule is NC(O)CC1O[P+](=O)O[P+](=O)O1. The number of aliphatic hydroxyl groups excluding tert-OH is 1. The van der Waals surface area contributed by atoms with E-state index in [0.29, 0.717) is 0 Å². The van der Waals surface area contributed by atoms with E-state index in [9.17, 15) is 9.13 Å². The van der Waals surface area contributed by atoms with Gasteiger partial charge in [0.1, 0.15) is 6.23 Å². The first-order valence-corrected chi connectivity index (χ1v) is 5.17. The Morgan fingerprint density at radius 1 is 1.42 bits per heavy atom. The van der Waals surface area contributed by atoms with Crippen LogP contribution in [-0.2, 0) is 22.5 Å². The van der Waals surface area contributed by atoms with Crippen molar-refractivity contribution in [3.05, 3.63) is 0 Å². The van der Waals surface area contributed by atoms with Crippen LogP contribution in [0.2, 0.25) is 0 Å². The molecule has 0 spiro atoms. The molecule has 3 unspecified atom stereocenters. The van der Waals surface area contributed by atoms with Gasteiger partial charge in [-0.2, -0.15) is 0 Å². The van der Waals surface area contributed by atoms with Gasteiger partial charge in [0.2, 0.25) is 0 Å². The van der Waals surface area contributed by atoms with Crippen LogP contribution in [-0.4, -0.2) is 17.6 Å². The zero-order chi connectivity index (χ0) is 9.14. The third-order valence-electron chi connectivity index (χ3n) is 0.975. The maximum Gasteiger partial charge on any atom is 0.750 e. The largest absolute Gasteiger partial charge is 0.750 e. The molecular formula is C3H7NO6P2+2. The molecule has 1 aliphatic rings. The molecule has 0 aliphatic carbocycles. The Labute approximate surface area is 69.7 Å². The van der Waals surface area contributed by atoms with Crippen molar-refractivity contribution in [1.82, 2.24) is 0 Å². The third-order valence-corrected chi connectivity index (χ3v) is 2.86. The van der Waals surface area contributed by atoms with Crippen LogP contribution >= 0.6 is 16.5 Å². The normalized spacial score (nSPS) is 33.3. The van der Waals surface area contributed by atoms with Gasteiger partial charge in [0.25, 0.3) is 6.29 Å². The zero-order valence-corrected chi connectivity index (χ0v) is 7.61. The maximum absolute atomic E-state index is 10.6. The minimum absolute atomic E-state index is 0.106. The molecule has 1 aliphatic heterocycles. The molecule has 0 aromatic heterocycles. The van der Waals surface area contributed by atoms with Gasteiger partial charge >= 0.3 is 16.5 Å². The van der Waals surface area contributed by atoms with Crippen molar-refractivity contribution in [2.75, 3.05) is 0 Å². The summed E-state index contributed by atoms with van der Waals surface area (Å²) in [5, 5.41) is 8.66. The second-order valence-corrected chi connectivity index (χ2v) is 3.94. The maximum atomic E-state index is 10.6. The van der Waals surface area contributed by atoms with Crippen molar-refractivity contribution < 1.29 is 27.6 Å². The summed E-state index contributed by atoms with van der Waals surface area (Å²) < 4.78 is 34.3. The van der Waals surface area contributed by atoms with Gasteiger partial charge in [0.15, 0.2) is 4.31 Å². The van der Waals surface area contributed by atoms with E-state index in [1.807, 2.05) is 0 Å². The smallest absolute Gasteiger partial charge is 0.379 e. The lowest BCUT2D eigenvalue weighted by Gasteiger charge is -2.06.